The van der Waals surface area contributed by atoms with Gasteiger partial charge in [-0.05, 0) is 31.0 Å². The first-order valence-corrected chi connectivity index (χ1v) is 6.01. The molecule has 0 aliphatic carbocycles. The van der Waals surface area contributed by atoms with E-state index in [2.05, 4.69) is 4.98 Å². The van der Waals surface area contributed by atoms with Crippen LogP contribution < -0.4 is 0 Å². The zero-order valence-corrected chi connectivity index (χ0v) is 10.4. The lowest BCUT2D eigenvalue weighted by Gasteiger charge is -2.05. The predicted octanol–water partition coefficient (Wildman–Crippen LogP) is 2.30. The minimum absolute atomic E-state index is 0.265. The molecule has 0 N–H and O–H groups in total. The summed E-state index contributed by atoms with van der Waals surface area (Å²) >= 11 is 0. The number of hydrogen-bond acceptors (Lipinski definition) is 3. The highest BCUT2D eigenvalue weighted by atomic mass is 16.5. The molecular formula is C14H16N2O2. The second-order valence-corrected chi connectivity index (χ2v) is 3.97. The molecule has 4 heteroatoms. The number of imidazole rings is 1. The van der Waals surface area contributed by atoms with E-state index >= 15 is 0 Å². The SMILES string of the molecule is CCOC(=O)c1ccc(CCn2ccnc2)cc1. The fraction of sp³-hybridized carbons (Fsp3) is 0.286. The third-order valence-corrected chi connectivity index (χ3v) is 2.68. The molecule has 0 fully saturated rings. The van der Waals surface area contributed by atoms with Gasteiger partial charge in [-0.2, -0.15) is 0 Å². The summed E-state index contributed by atoms with van der Waals surface area (Å²) in [5.41, 5.74) is 1.79. The van der Waals surface area contributed by atoms with Gasteiger partial charge in [0.15, 0.2) is 0 Å². The van der Waals surface area contributed by atoms with Crippen LogP contribution in [0.1, 0.15) is 22.8 Å². The van der Waals surface area contributed by atoms with E-state index in [0.717, 1.165) is 13.0 Å². The van der Waals surface area contributed by atoms with Gasteiger partial charge in [0, 0.05) is 18.9 Å². The van der Waals surface area contributed by atoms with Crippen molar-refractivity contribution in [1.82, 2.24) is 9.55 Å². The highest BCUT2D eigenvalue weighted by Crippen LogP contribution is 2.07. The lowest BCUT2D eigenvalue weighted by atomic mass is 10.1. The van der Waals surface area contributed by atoms with Gasteiger partial charge in [-0.25, -0.2) is 9.78 Å². The second kappa shape index (κ2) is 6.00. The van der Waals surface area contributed by atoms with E-state index in [1.54, 1.807) is 31.6 Å². The molecule has 4 nitrogen and oxygen atoms in total. The summed E-state index contributed by atoms with van der Waals surface area (Å²) in [5, 5.41) is 0. The highest BCUT2D eigenvalue weighted by molar-refractivity contribution is 5.89. The molecule has 1 aromatic heterocycles. The average Bonchev–Trinajstić information content (AvgIpc) is 2.90. The van der Waals surface area contributed by atoms with Gasteiger partial charge in [-0.15, -0.1) is 0 Å². The molecule has 18 heavy (non-hydrogen) atoms. The molecule has 0 unspecified atom stereocenters. The van der Waals surface area contributed by atoms with Crippen LogP contribution in [0.3, 0.4) is 0 Å². The van der Waals surface area contributed by atoms with Crippen molar-refractivity contribution in [2.24, 2.45) is 0 Å². The van der Waals surface area contributed by atoms with Gasteiger partial charge in [0.25, 0.3) is 0 Å². The molecule has 0 bridgehead atoms. The zero-order valence-electron chi connectivity index (χ0n) is 10.4. The number of carbonyl (C=O) groups excluding carboxylic acids is 1. The van der Waals surface area contributed by atoms with E-state index in [9.17, 15) is 4.79 Å². The molecule has 0 radical (unpaired) electrons. The maximum Gasteiger partial charge on any atom is 0.338 e. The fourth-order valence-electron chi connectivity index (χ4n) is 1.70. The van der Waals surface area contributed by atoms with Gasteiger partial charge in [-0.1, -0.05) is 12.1 Å². The number of nitrogens with zero attached hydrogens (tertiary/aromatic N) is 2. The molecule has 0 spiro atoms. The molecule has 2 rings (SSSR count). The smallest absolute Gasteiger partial charge is 0.338 e. The van der Waals surface area contributed by atoms with Gasteiger partial charge in [-0.3, -0.25) is 0 Å². The van der Waals surface area contributed by atoms with Crippen molar-refractivity contribution in [1.29, 1.82) is 0 Å². The Morgan fingerprint density at radius 1 is 1.33 bits per heavy atom. The zero-order chi connectivity index (χ0) is 12.8. The Hall–Kier alpha value is -2.10. The highest BCUT2D eigenvalue weighted by Gasteiger charge is 2.05. The number of hydrogen-bond donors (Lipinski definition) is 0. The van der Waals surface area contributed by atoms with Crippen LogP contribution in [0.2, 0.25) is 0 Å². The molecule has 0 saturated carbocycles. The van der Waals surface area contributed by atoms with E-state index in [1.807, 2.05) is 22.9 Å². The number of aryl methyl sites for hydroxylation is 2. The van der Waals surface area contributed by atoms with Crippen molar-refractivity contribution >= 4 is 5.97 Å². The molecule has 2 aromatic rings. The van der Waals surface area contributed by atoms with E-state index in [0.29, 0.717) is 12.2 Å². The van der Waals surface area contributed by atoms with Crippen LogP contribution in [0.4, 0.5) is 0 Å². The third kappa shape index (κ3) is 3.20. The summed E-state index contributed by atoms with van der Waals surface area (Å²) in [5.74, 6) is -0.265. The number of ether oxygens (including phenoxy) is 1. The Bertz CT molecular complexity index is 489. The number of esters is 1. The summed E-state index contributed by atoms with van der Waals surface area (Å²) in [6, 6.07) is 7.54. The van der Waals surface area contributed by atoms with E-state index < -0.39 is 0 Å². The van der Waals surface area contributed by atoms with Crippen molar-refractivity contribution in [2.75, 3.05) is 6.61 Å². The minimum atomic E-state index is -0.265. The Morgan fingerprint density at radius 3 is 2.72 bits per heavy atom. The second-order valence-electron chi connectivity index (χ2n) is 3.97. The molecular weight excluding hydrogens is 228 g/mol. The first-order chi connectivity index (χ1) is 8.79. The molecule has 0 saturated heterocycles. The summed E-state index contributed by atoms with van der Waals surface area (Å²) in [6.07, 6.45) is 6.42. The Balaban J connectivity index is 1.93. The monoisotopic (exact) mass is 244 g/mol. The van der Waals surface area contributed by atoms with Crippen molar-refractivity contribution in [3.8, 4) is 0 Å². The van der Waals surface area contributed by atoms with Crippen LogP contribution in [0.15, 0.2) is 43.0 Å². The van der Waals surface area contributed by atoms with Gasteiger partial charge >= 0.3 is 5.97 Å². The van der Waals surface area contributed by atoms with Crippen LogP contribution in [-0.4, -0.2) is 22.1 Å². The summed E-state index contributed by atoms with van der Waals surface area (Å²) in [6.45, 7) is 3.09. The van der Waals surface area contributed by atoms with Crippen molar-refractivity contribution in [3.63, 3.8) is 0 Å². The lowest BCUT2D eigenvalue weighted by Crippen LogP contribution is -2.05. The molecule has 0 atom stereocenters. The predicted molar refractivity (Wildman–Crippen MR) is 68.3 cm³/mol. The average molecular weight is 244 g/mol. The van der Waals surface area contributed by atoms with Crippen molar-refractivity contribution < 1.29 is 9.53 Å². The molecule has 0 amide bonds. The van der Waals surface area contributed by atoms with Gasteiger partial charge < -0.3 is 9.30 Å². The molecule has 1 aromatic carbocycles. The van der Waals surface area contributed by atoms with Gasteiger partial charge in [0.1, 0.15) is 0 Å². The number of benzene rings is 1. The largest absolute Gasteiger partial charge is 0.462 e. The summed E-state index contributed by atoms with van der Waals surface area (Å²) < 4.78 is 6.96. The van der Waals surface area contributed by atoms with Crippen LogP contribution in [-0.2, 0) is 17.7 Å². The topological polar surface area (TPSA) is 44.1 Å². The van der Waals surface area contributed by atoms with Crippen LogP contribution >= 0.6 is 0 Å². The van der Waals surface area contributed by atoms with Crippen LogP contribution in [0.25, 0.3) is 0 Å². The minimum Gasteiger partial charge on any atom is -0.462 e. The van der Waals surface area contributed by atoms with Crippen LogP contribution in [0.5, 0.6) is 0 Å². The standard InChI is InChI=1S/C14H16N2O2/c1-2-18-14(17)13-5-3-12(4-6-13)7-9-16-10-8-15-11-16/h3-6,8,10-11H,2,7,9H2,1H3. The van der Waals surface area contributed by atoms with E-state index in [1.165, 1.54) is 5.56 Å². The third-order valence-electron chi connectivity index (χ3n) is 2.68. The van der Waals surface area contributed by atoms with Crippen molar-refractivity contribution in [2.45, 2.75) is 19.9 Å². The molecule has 0 aliphatic rings. The van der Waals surface area contributed by atoms with Crippen LogP contribution in [0, 0.1) is 0 Å². The summed E-state index contributed by atoms with van der Waals surface area (Å²) in [4.78, 5) is 15.5. The molecule has 0 aliphatic heterocycles. The fourth-order valence-corrected chi connectivity index (χ4v) is 1.70. The number of rotatable bonds is 5. The first kappa shape index (κ1) is 12.4. The van der Waals surface area contributed by atoms with Crippen molar-refractivity contribution in [3.05, 3.63) is 54.1 Å². The quantitative estimate of drug-likeness (QED) is 0.758. The number of aromatic nitrogens is 2. The van der Waals surface area contributed by atoms with E-state index in [-0.39, 0.29) is 5.97 Å². The maximum atomic E-state index is 11.5. The Morgan fingerprint density at radius 2 is 2.11 bits per heavy atom. The number of carbonyl (C=O) groups is 1. The molecule has 1 heterocycles. The van der Waals surface area contributed by atoms with E-state index in [4.69, 9.17) is 4.74 Å². The Kier molecular flexibility index (Phi) is 4.12. The first-order valence-electron chi connectivity index (χ1n) is 6.01. The molecule has 94 valence electrons. The summed E-state index contributed by atoms with van der Waals surface area (Å²) in [7, 11) is 0. The maximum absolute atomic E-state index is 11.5. The lowest BCUT2D eigenvalue weighted by molar-refractivity contribution is 0.0526. The normalized spacial score (nSPS) is 10.3. The Labute approximate surface area is 106 Å². The van der Waals surface area contributed by atoms with Gasteiger partial charge in [0.05, 0.1) is 18.5 Å². The van der Waals surface area contributed by atoms with Gasteiger partial charge in [0.2, 0.25) is 0 Å².